The van der Waals surface area contributed by atoms with Gasteiger partial charge in [-0.2, -0.15) is 0 Å². The van der Waals surface area contributed by atoms with Crippen molar-refractivity contribution in [2.45, 2.75) is 59.3 Å². The molecule has 0 aliphatic carbocycles. The van der Waals surface area contributed by atoms with Crippen LogP contribution in [0.25, 0.3) is 0 Å². The highest BCUT2D eigenvalue weighted by molar-refractivity contribution is 5.79. The van der Waals surface area contributed by atoms with Gasteiger partial charge in [0.05, 0.1) is 12.2 Å². The molecule has 0 saturated carbocycles. The van der Waals surface area contributed by atoms with Crippen molar-refractivity contribution in [3.05, 3.63) is 42.2 Å². The summed E-state index contributed by atoms with van der Waals surface area (Å²) in [6.07, 6.45) is 1.83. The predicted octanol–water partition coefficient (Wildman–Crippen LogP) is 4.90. The van der Waals surface area contributed by atoms with Crippen molar-refractivity contribution in [3.63, 3.8) is 0 Å². The number of phenolic OH excluding ortho intramolecular Hbond substituents is 1. The summed E-state index contributed by atoms with van der Waals surface area (Å²) in [6.45, 7) is 15.8. The molecule has 1 aromatic carbocycles. The molecule has 1 N–H and O–H groups in total. The van der Waals surface area contributed by atoms with E-state index in [1.807, 2.05) is 26.8 Å². The fourth-order valence-electron chi connectivity index (χ4n) is 2.49. The second-order valence-corrected chi connectivity index (χ2v) is 7.95. The highest BCUT2D eigenvalue weighted by atomic mass is 16.5. The van der Waals surface area contributed by atoms with E-state index in [4.69, 9.17) is 4.74 Å². The van der Waals surface area contributed by atoms with Crippen LogP contribution in [0.2, 0.25) is 0 Å². The Morgan fingerprint density at radius 1 is 1.27 bits per heavy atom. The van der Waals surface area contributed by atoms with Crippen molar-refractivity contribution in [3.8, 4) is 5.75 Å². The topological polar surface area (TPSA) is 46.5 Å². The van der Waals surface area contributed by atoms with Gasteiger partial charge in [-0.15, -0.1) is 0 Å². The Balaban J connectivity index is 3.30. The van der Waals surface area contributed by atoms with E-state index in [0.29, 0.717) is 6.42 Å². The number of carbonyl (C=O) groups excluding carboxylic acids is 1. The Hall–Kier alpha value is -1.77. The van der Waals surface area contributed by atoms with E-state index in [0.717, 1.165) is 11.1 Å². The van der Waals surface area contributed by atoms with Crippen LogP contribution in [0.5, 0.6) is 5.75 Å². The van der Waals surface area contributed by atoms with Gasteiger partial charge < -0.3 is 9.84 Å². The van der Waals surface area contributed by atoms with Crippen LogP contribution in [0.1, 0.15) is 65.0 Å². The summed E-state index contributed by atoms with van der Waals surface area (Å²) in [4.78, 5) is 12.3. The number of rotatable bonds is 4. The van der Waals surface area contributed by atoms with Gasteiger partial charge in [0.1, 0.15) is 5.75 Å². The van der Waals surface area contributed by atoms with Crippen LogP contribution < -0.4 is 0 Å². The molecular formula is C19H28O3. The molecule has 1 atom stereocenters. The molecule has 0 aliphatic rings. The van der Waals surface area contributed by atoms with Gasteiger partial charge in [0.25, 0.3) is 0 Å². The molecule has 22 heavy (non-hydrogen) atoms. The summed E-state index contributed by atoms with van der Waals surface area (Å²) in [7, 11) is 0. The zero-order valence-corrected chi connectivity index (χ0v) is 14.6. The maximum atomic E-state index is 12.3. The third kappa shape index (κ3) is 4.90. The molecular weight excluding hydrogens is 276 g/mol. The smallest absolute Gasteiger partial charge is 0.318 e. The quantitative estimate of drug-likeness (QED) is 0.636. The monoisotopic (exact) mass is 304 g/mol. The summed E-state index contributed by atoms with van der Waals surface area (Å²) >= 11 is 0. The number of ether oxygens (including phenoxy) is 1. The van der Waals surface area contributed by atoms with E-state index < -0.39 is 0 Å². The first-order valence-corrected chi connectivity index (χ1v) is 7.60. The molecule has 0 radical (unpaired) electrons. The molecule has 3 nitrogen and oxygen atoms in total. The van der Waals surface area contributed by atoms with Crippen LogP contribution in [0.4, 0.5) is 0 Å². The van der Waals surface area contributed by atoms with Crippen molar-refractivity contribution in [2.24, 2.45) is 5.41 Å². The molecule has 0 bridgehead atoms. The third-order valence-corrected chi connectivity index (χ3v) is 3.53. The number of hydrogen-bond acceptors (Lipinski definition) is 3. The molecule has 1 aromatic rings. The van der Waals surface area contributed by atoms with E-state index in [-0.39, 0.29) is 28.5 Å². The lowest BCUT2D eigenvalue weighted by molar-refractivity contribution is -0.140. The molecule has 0 heterocycles. The first-order chi connectivity index (χ1) is 9.95. The fourth-order valence-corrected chi connectivity index (χ4v) is 2.49. The van der Waals surface area contributed by atoms with Crippen LogP contribution in [0.3, 0.4) is 0 Å². The largest absolute Gasteiger partial charge is 0.508 e. The summed E-state index contributed by atoms with van der Waals surface area (Å²) in [5, 5.41) is 10.1. The average Bonchev–Trinajstić information content (AvgIpc) is 2.34. The second-order valence-electron chi connectivity index (χ2n) is 7.95. The Bertz CT molecular complexity index is 545. The number of benzene rings is 1. The van der Waals surface area contributed by atoms with Gasteiger partial charge in [0.2, 0.25) is 0 Å². The number of phenols is 1. The van der Waals surface area contributed by atoms with Gasteiger partial charge in [-0.05, 0) is 34.4 Å². The molecule has 0 aromatic heterocycles. The van der Waals surface area contributed by atoms with Crippen LogP contribution >= 0.6 is 0 Å². The van der Waals surface area contributed by atoms with Crippen molar-refractivity contribution in [1.29, 1.82) is 0 Å². The Labute approximate surface area is 134 Å². The molecule has 0 aliphatic heterocycles. The third-order valence-electron chi connectivity index (χ3n) is 3.53. The molecule has 1 unspecified atom stereocenters. The van der Waals surface area contributed by atoms with Gasteiger partial charge in [-0.3, -0.25) is 4.79 Å². The molecule has 1 rings (SSSR count). The molecule has 0 spiro atoms. The van der Waals surface area contributed by atoms with Gasteiger partial charge >= 0.3 is 5.97 Å². The minimum Gasteiger partial charge on any atom is -0.508 e. The van der Waals surface area contributed by atoms with Crippen molar-refractivity contribution in [2.75, 3.05) is 0 Å². The Kier molecular flexibility index (Phi) is 5.44. The zero-order chi connectivity index (χ0) is 17.1. The number of hydrogen-bond donors (Lipinski definition) is 1. The Morgan fingerprint density at radius 2 is 1.86 bits per heavy atom. The van der Waals surface area contributed by atoms with Crippen molar-refractivity contribution >= 4 is 5.97 Å². The van der Waals surface area contributed by atoms with Crippen LogP contribution in [-0.4, -0.2) is 11.1 Å². The first-order valence-electron chi connectivity index (χ1n) is 7.60. The minimum atomic E-state index is -0.375. The van der Waals surface area contributed by atoms with Gasteiger partial charge in [0, 0.05) is 0 Å². The maximum absolute atomic E-state index is 12.3. The van der Waals surface area contributed by atoms with E-state index in [1.54, 1.807) is 12.1 Å². The highest BCUT2D eigenvalue weighted by Gasteiger charge is 2.29. The van der Waals surface area contributed by atoms with Crippen molar-refractivity contribution < 1.29 is 14.6 Å². The lowest BCUT2D eigenvalue weighted by Crippen LogP contribution is -2.21. The van der Waals surface area contributed by atoms with E-state index in [2.05, 4.69) is 27.4 Å². The number of aromatic hydroxyl groups is 1. The normalized spacial score (nSPS) is 13.5. The lowest BCUT2D eigenvalue weighted by Gasteiger charge is -2.27. The molecule has 0 amide bonds. The summed E-state index contributed by atoms with van der Waals surface area (Å²) in [6, 6.07) is 5.37. The zero-order valence-electron chi connectivity index (χ0n) is 14.6. The molecule has 0 fully saturated rings. The summed E-state index contributed by atoms with van der Waals surface area (Å²) in [5.41, 5.74) is 1.47. The SMILES string of the molecule is C=COC(=O)C(CC(C)(C)C)c1ccc(O)c(C(C)(C)C)c1. The maximum Gasteiger partial charge on any atom is 0.318 e. The first kappa shape index (κ1) is 18.3. The molecule has 3 heteroatoms. The second kappa shape index (κ2) is 6.55. The highest BCUT2D eigenvalue weighted by Crippen LogP contribution is 2.37. The van der Waals surface area contributed by atoms with Crippen LogP contribution in [-0.2, 0) is 14.9 Å². The Morgan fingerprint density at radius 3 is 2.32 bits per heavy atom. The lowest BCUT2D eigenvalue weighted by atomic mass is 9.79. The summed E-state index contributed by atoms with van der Waals surface area (Å²) < 4.78 is 5.02. The number of carbonyl (C=O) groups is 1. The number of esters is 1. The van der Waals surface area contributed by atoms with Gasteiger partial charge in [0.15, 0.2) is 0 Å². The average molecular weight is 304 g/mol. The van der Waals surface area contributed by atoms with Gasteiger partial charge in [-0.1, -0.05) is 60.3 Å². The predicted molar refractivity (Wildman–Crippen MR) is 89.9 cm³/mol. The van der Waals surface area contributed by atoms with E-state index in [9.17, 15) is 9.90 Å². The summed E-state index contributed by atoms with van der Waals surface area (Å²) in [5.74, 6) is -0.432. The molecule has 0 saturated heterocycles. The van der Waals surface area contributed by atoms with Crippen LogP contribution in [0.15, 0.2) is 31.0 Å². The minimum absolute atomic E-state index is 0.0232. The van der Waals surface area contributed by atoms with E-state index in [1.165, 1.54) is 6.26 Å². The standard InChI is InChI=1S/C19H28O3/c1-8-22-17(21)14(12-18(2,3)4)13-9-10-16(20)15(11-13)19(5,6)7/h8-11,14,20H,1,12H2,2-7H3. The fraction of sp³-hybridized carbons (Fsp3) is 0.526. The van der Waals surface area contributed by atoms with Crippen molar-refractivity contribution in [1.82, 2.24) is 0 Å². The van der Waals surface area contributed by atoms with Crippen LogP contribution in [0, 0.1) is 5.41 Å². The van der Waals surface area contributed by atoms with E-state index >= 15 is 0 Å². The molecule has 122 valence electrons. The van der Waals surface area contributed by atoms with Gasteiger partial charge in [-0.25, -0.2) is 0 Å².